The number of carbonyl (C=O) groups excluding carboxylic acids is 2. The van der Waals surface area contributed by atoms with Crippen LogP contribution >= 0.6 is 0 Å². The topological polar surface area (TPSA) is 71.1 Å². The summed E-state index contributed by atoms with van der Waals surface area (Å²) in [5.41, 5.74) is 0. The van der Waals surface area contributed by atoms with Crippen LogP contribution < -0.4 is 0 Å². The average Bonchev–Trinajstić information content (AvgIpc) is 2.40. The Bertz CT molecular complexity index is 384. The predicted octanol–water partition coefficient (Wildman–Crippen LogP) is 2.08. The molecule has 0 saturated heterocycles. The molecule has 0 N–H and O–H groups in total. The number of esters is 2. The monoisotopic (exact) mass is 361 g/mol. The Morgan fingerprint density at radius 3 is 1.50 bits per heavy atom. The molecule has 0 aliphatic heterocycles. The van der Waals surface area contributed by atoms with E-state index in [2.05, 4.69) is 13.2 Å². The van der Waals surface area contributed by atoms with Crippen LogP contribution in [0.4, 0.5) is 0 Å². The van der Waals surface area contributed by atoms with Gasteiger partial charge in [-0.2, -0.15) is 0 Å². The lowest BCUT2D eigenvalue weighted by molar-refractivity contribution is -0.137. The number of hydrogen-bond donors (Lipinski definition) is 0. The molecular formula is C13H25O6Si3. The third-order valence-corrected chi connectivity index (χ3v) is 10.7. The van der Waals surface area contributed by atoms with Crippen molar-refractivity contribution in [1.29, 1.82) is 0 Å². The molecule has 0 unspecified atom stereocenters. The van der Waals surface area contributed by atoms with E-state index in [-0.39, 0.29) is 12.5 Å². The van der Waals surface area contributed by atoms with Crippen molar-refractivity contribution in [3.63, 3.8) is 0 Å². The Morgan fingerprint density at radius 1 is 0.909 bits per heavy atom. The summed E-state index contributed by atoms with van der Waals surface area (Å²) in [6.45, 7) is 16.4. The molecule has 0 aromatic rings. The van der Waals surface area contributed by atoms with Crippen LogP contribution in [0.25, 0.3) is 0 Å². The van der Waals surface area contributed by atoms with Crippen LogP contribution in [0, 0.1) is 0 Å². The maximum Gasteiger partial charge on any atom is 0.359 e. The fourth-order valence-corrected chi connectivity index (χ4v) is 9.68. The Hall–Kier alpha value is -1.01. The Kier molecular flexibility index (Phi) is 8.78. The van der Waals surface area contributed by atoms with E-state index in [0.717, 1.165) is 12.2 Å². The molecule has 0 amide bonds. The molecule has 1 radical (unpaired) electrons. The maximum absolute atomic E-state index is 11.1. The summed E-state index contributed by atoms with van der Waals surface area (Å²) in [5.74, 6) is -0.915. The molecule has 6 nitrogen and oxygen atoms in total. The van der Waals surface area contributed by atoms with Gasteiger partial charge in [0.2, 0.25) is 16.6 Å². The first kappa shape index (κ1) is 21.0. The Labute approximate surface area is 136 Å². The minimum atomic E-state index is -2.17. The van der Waals surface area contributed by atoms with E-state index in [1.807, 2.05) is 32.7 Å². The summed E-state index contributed by atoms with van der Waals surface area (Å²) in [4.78, 5) is 22.2. The molecule has 0 aromatic heterocycles. The smallest absolute Gasteiger partial charge is 0.359 e. The van der Waals surface area contributed by atoms with Crippen molar-refractivity contribution in [3.8, 4) is 0 Å². The van der Waals surface area contributed by atoms with Gasteiger partial charge in [0.05, 0.1) is 0 Å². The fourth-order valence-electron chi connectivity index (χ4n) is 1.47. The lowest BCUT2D eigenvalue weighted by atomic mass is 10.7. The zero-order valence-electron chi connectivity index (χ0n) is 13.9. The minimum absolute atomic E-state index is 0.247. The van der Waals surface area contributed by atoms with Gasteiger partial charge in [-0.3, -0.25) is 0 Å². The van der Waals surface area contributed by atoms with Crippen molar-refractivity contribution in [2.75, 3.05) is 12.5 Å². The van der Waals surface area contributed by atoms with Gasteiger partial charge in [-0.25, -0.2) is 9.59 Å². The van der Waals surface area contributed by atoms with E-state index in [0.29, 0.717) is 0 Å². The first-order chi connectivity index (χ1) is 10.0. The highest BCUT2D eigenvalue weighted by molar-refractivity contribution is 6.81. The first-order valence-electron chi connectivity index (χ1n) is 6.81. The molecule has 0 aliphatic carbocycles. The van der Waals surface area contributed by atoms with Crippen molar-refractivity contribution in [2.45, 2.75) is 32.7 Å². The van der Waals surface area contributed by atoms with Crippen molar-refractivity contribution in [3.05, 3.63) is 25.3 Å². The molecule has 9 heteroatoms. The van der Waals surface area contributed by atoms with E-state index in [4.69, 9.17) is 17.7 Å². The normalized spacial score (nSPS) is 11.9. The van der Waals surface area contributed by atoms with Crippen LogP contribution in [0.2, 0.25) is 32.7 Å². The second-order valence-electron chi connectivity index (χ2n) is 5.84. The number of rotatable bonds is 10. The molecule has 0 heterocycles. The zero-order valence-corrected chi connectivity index (χ0v) is 16.9. The highest BCUT2D eigenvalue weighted by Gasteiger charge is 2.34. The van der Waals surface area contributed by atoms with Gasteiger partial charge in [-0.15, -0.1) is 0 Å². The minimum Gasteiger partial charge on any atom is -0.463 e. The SMILES string of the molecule is C=CC(=O)OC[Si](C)(C)O[Si](C)O[Si](C)(C)COC(=O)C=C. The van der Waals surface area contributed by atoms with E-state index < -0.39 is 37.9 Å². The number of hydrogen-bond acceptors (Lipinski definition) is 6. The van der Waals surface area contributed by atoms with Gasteiger partial charge < -0.3 is 17.7 Å². The zero-order chi connectivity index (χ0) is 17.4. The summed E-state index contributed by atoms with van der Waals surface area (Å²) in [7, 11) is -5.86. The molecule has 0 aliphatic rings. The molecule has 0 saturated carbocycles. The third-order valence-electron chi connectivity index (χ3n) is 2.30. The molecule has 0 atom stereocenters. The van der Waals surface area contributed by atoms with Crippen LogP contribution in [0.5, 0.6) is 0 Å². The van der Waals surface area contributed by atoms with E-state index >= 15 is 0 Å². The summed E-state index contributed by atoms with van der Waals surface area (Å²) >= 11 is 0. The Morgan fingerprint density at radius 2 is 1.23 bits per heavy atom. The summed E-state index contributed by atoms with van der Waals surface area (Å²) < 4.78 is 22.1. The molecule has 125 valence electrons. The van der Waals surface area contributed by atoms with Crippen LogP contribution in [0.15, 0.2) is 25.3 Å². The van der Waals surface area contributed by atoms with Gasteiger partial charge in [0.15, 0.2) is 0 Å². The molecule has 0 aromatic carbocycles. The summed E-state index contributed by atoms with van der Waals surface area (Å²) in [6, 6.07) is 0. The van der Waals surface area contributed by atoms with Gasteiger partial charge in [-0.1, -0.05) is 13.2 Å². The predicted molar refractivity (Wildman–Crippen MR) is 91.1 cm³/mol. The molecule has 0 bridgehead atoms. The van der Waals surface area contributed by atoms with Gasteiger partial charge in [0.25, 0.3) is 0 Å². The van der Waals surface area contributed by atoms with Crippen LogP contribution in [0.3, 0.4) is 0 Å². The van der Waals surface area contributed by atoms with E-state index in [1.165, 1.54) is 0 Å². The van der Waals surface area contributed by atoms with Crippen molar-refractivity contribution in [2.24, 2.45) is 0 Å². The van der Waals surface area contributed by atoms with Crippen molar-refractivity contribution in [1.82, 2.24) is 0 Å². The molecule has 0 fully saturated rings. The standard InChI is InChI=1S/C13H25O6Si3/c1-8-12(14)16-10-21(4,5)18-20(3)19-22(6,7)11-17-13(15)9-2/h8-9H,1-2,10-11H2,3-7H3. The maximum atomic E-state index is 11.1. The van der Waals surface area contributed by atoms with Crippen LogP contribution in [0.1, 0.15) is 0 Å². The quantitative estimate of drug-likeness (QED) is 0.337. The molecule has 22 heavy (non-hydrogen) atoms. The van der Waals surface area contributed by atoms with Crippen molar-refractivity contribution < 1.29 is 27.3 Å². The van der Waals surface area contributed by atoms with Gasteiger partial charge in [0, 0.05) is 12.2 Å². The van der Waals surface area contributed by atoms with Crippen LogP contribution in [-0.4, -0.2) is 50.3 Å². The average molecular weight is 362 g/mol. The van der Waals surface area contributed by atoms with Crippen molar-refractivity contribution >= 4 is 37.9 Å². The molecule has 0 spiro atoms. The number of ether oxygens (including phenoxy) is 2. The number of carbonyl (C=O) groups is 2. The fraction of sp³-hybridized carbons (Fsp3) is 0.538. The molecule has 0 rings (SSSR count). The third kappa shape index (κ3) is 9.84. The molecular weight excluding hydrogens is 336 g/mol. The van der Waals surface area contributed by atoms with Crippen LogP contribution in [-0.2, 0) is 27.3 Å². The summed E-state index contributed by atoms with van der Waals surface area (Å²) in [6.07, 6.45) is 2.75. The summed E-state index contributed by atoms with van der Waals surface area (Å²) in [5, 5.41) is 0. The second-order valence-corrected chi connectivity index (χ2v) is 16.1. The highest BCUT2D eigenvalue weighted by Crippen LogP contribution is 2.13. The second kappa shape index (κ2) is 9.20. The first-order valence-corrected chi connectivity index (χ1v) is 14.9. The van der Waals surface area contributed by atoms with Gasteiger partial charge in [-0.05, 0) is 32.7 Å². The lowest BCUT2D eigenvalue weighted by Gasteiger charge is -2.30. The lowest BCUT2D eigenvalue weighted by Crippen LogP contribution is -2.49. The van der Waals surface area contributed by atoms with E-state index in [9.17, 15) is 9.59 Å². The Balaban J connectivity index is 4.36. The van der Waals surface area contributed by atoms with Gasteiger partial charge in [0.1, 0.15) is 12.5 Å². The van der Waals surface area contributed by atoms with Gasteiger partial charge >= 0.3 is 21.2 Å². The van der Waals surface area contributed by atoms with E-state index in [1.54, 1.807) is 0 Å². The largest absolute Gasteiger partial charge is 0.463 e. The highest BCUT2D eigenvalue weighted by atomic mass is 28.4.